The first-order valence-electron chi connectivity index (χ1n) is 7.46. The lowest BCUT2D eigenvalue weighted by molar-refractivity contribution is 0.0945. The van der Waals surface area contributed by atoms with Crippen LogP contribution in [0, 0.1) is 19.8 Å². The van der Waals surface area contributed by atoms with Gasteiger partial charge in [0.1, 0.15) is 5.56 Å². The van der Waals surface area contributed by atoms with Gasteiger partial charge < -0.3 is 10.6 Å². The summed E-state index contributed by atoms with van der Waals surface area (Å²) in [5.74, 6) is 0.481. The van der Waals surface area contributed by atoms with Crippen molar-refractivity contribution in [2.45, 2.75) is 26.7 Å². The first kappa shape index (κ1) is 14.0. The number of fused-ring (bicyclic) bond motifs is 1. The molecule has 1 aliphatic rings. The van der Waals surface area contributed by atoms with Crippen LogP contribution in [0.25, 0.3) is 5.65 Å². The summed E-state index contributed by atoms with van der Waals surface area (Å²) in [7, 11) is 0. The lowest BCUT2D eigenvalue weighted by atomic mass is 9.98. The molecule has 0 unspecified atom stereocenters. The molecule has 0 atom stereocenters. The van der Waals surface area contributed by atoms with Gasteiger partial charge in [-0.05, 0) is 51.8 Å². The highest BCUT2D eigenvalue weighted by Crippen LogP contribution is 2.13. The number of hydrogen-bond donors (Lipinski definition) is 2. The van der Waals surface area contributed by atoms with E-state index in [2.05, 4.69) is 20.7 Å². The van der Waals surface area contributed by atoms with Gasteiger partial charge in [-0.25, -0.2) is 9.50 Å². The van der Waals surface area contributed by atoms with E-state index in [9.17, 15) is 4.79 Å². The third-order valence-electron chi connectivity index (χ3n) is 4.03. The maximum atomic E-state index is 12.4. The van der Waals surface area contributed by atoms with E-state index in [1.54, 1.807) is 10.7 Å². The zero-order valence-corrected chi connectivity index (χ0v) is 12.5. The highest BCUT2D eigenvalue weighted by Gasteiger charge is 2.18. The standard InChI is InChI=1S/C15H21N5O/c1-10-7-11(2)20-14(19-10)13(9-18-20)15(21)17-8-12-3-5-16-6-4-12/h7,9,12,16H,3-6,8H2,1-2H3,(H,17,21). The highest BCUT2D eigenvalue weighted by molar-refractivity contribution is 5.99. The fraction of sp³-hybridized carbons (Fsp3) is 0.533. The number of hydrogen-bond acceptors (Lipinski definition) is 4. The molecule has 0 spiro atoms. The van der Waals surface area contributed by atoms with Gasteiger partial charge in [0, 0.05) is 17.9 Å². The number of rotatable bonds is 3. The maximum Gasteiger partial charge on any atom is 0.256 e. The molecule has 0 bridgehead atoms. The normalized spacial score (nSPS) is 16.3. The van der Waals surface area contributed by atoms with Gasteiger partial charge in [-0.15, -0.1) is 0 Å². The van der Waals surface area contributed by atoms with E-state index in [4.69, 9.17) is 0 Å². The molecule has 21 heavy (non-hydrogen) atoms. The number of carbonyl (C=O) groups excluding carboxylic acids is 1. The molecule has 112 valence electrons. The Morgan fingerprint density at radius 3 is 2.95 bits per heavy atom. The van der Waals surface area contributed by atoms with Crippen molar-refractivity contribution in [3.05, 3.63) is 29.2 Å². The third kappa shape index (κ3) is 2.90. The first-order chi connectivity index (χ1) is 10.1. The average Bonchev–Trinajstić information content (AvgIpc) is 2.90. The molecule has 3 rings (SSSR count). The number of nitrogens with one attached hydrogen (secondary N) is 2. The van der Waals surface area contributed by atoms with Gasteiger partial charge in [0.05, 0.1) is 6.20 Å². The summed E-state index contributed by atoms with van der Waals surface area (Å²) in [5, 5.41) is 10.6. The molecule has 0 radical (unpaired) electrons. The van der Waals surface area contributed by atoms with Crippen LogP contribution in [0.1, 0.15) is 34.6 Å². The Morgan fingerprint density at radius 1 is 1.43 bits per heavy atom. The predicted molar refractivity (Wildman–Crippen MR) is 80.4 cm³/mol. The molecule has 1 aliphatic heterocycles. The fourth-order valence-corrected chi connectivity index (χ4v) is 2.85. The molecule has 1 saturated heterocycles. The van der Waals surface area contributed by atoms with Crippen molar-refractivity contribution >= 4 is 11.6 Å². The molecular formula is C15H21N5O. The van der Waals surface area contributed by atoms with Gasteiger partial charge in [-0.1, -0.05) is 0 Å². The summed E-state index contributed by atoms with van der Waals surface area (Å²) in [6, 6.07) is 1.96. The maximum absolute atomic E-state index is 12.4. The van der Waals surface area contributed by atoms with Crippen molar-refractivity contribution in [1.29, 1.82) is 0 Å². The van der Waals surface area contributed by atoms with Gasteiger partial charge in [0.2, 0.25) is 0 Å². The van der Waals surface area contributed by atoms with Crippen molar-refractivity contribution in [3.63, 3.8) is 0 Å². The van der Waals surface area contributed by atoms with Crippen LogP contribution < -0.4 is 10.6 Å². The van der Waals surface area contributed by atoms with Crippen molar-refractivity contribution in [2.75, 3.05) is 19.6 Å². The van der Waals surface area contributed by atoms with Crippen LogP contribution in [0.3, 0.4) is 0 Å². The van der Waals surface area contributed by atoms with Crippen LogP contribution in [-0.4, -0.2) is 40.1 Å². The SMILES string of the molecule is Cc1cc(C)n2ncc(C(=O)NCC3CCNCC3)c2n1. The molecule has 3 heterocycles. The van der Waals surface area contributed by atoms with E-state index in [0.717, 1.165) is 43.9 Å². The number of carbonyl (C=O) groups is 1. The monoisotopic (exact) mass is 287 g/mol. The zero-order valence-electron chi connectivity index (χ0n) is 12.5. The van der Waals surface area contributed by atoms with E-state index >= 15 is 0 Å². The topological polar surface area (TPSA) is 71.3 Å². The van der Waals surface area contributed by atoms with Gasteiger partial charge in [0.25, 0.3) is 5.91 Å². The Kier molecular flexibility index (Phi) is 3.88. The largest absolute Gasteiger partial charge is 0.352 e. The van der Waals surface area contributed by atoms with Crippen LogP contribution in [0.4, 0.5) is 0 Å². The van der Waals surface area contributed by atoms with Crippen molar-refractivity contribution < 1.29 is 4.79 Å². The van der Waals surface area contributed by atoms with Crippen LogP contribution in [0.15, 0.2) is 12.3 Å². The molecule has 6 heteroatoms. The molecule has 6 nitrogen and oxygen atoms in total. The summed E-state index contributed by atoms with van der Waals surface area (Å²) in [4.78, 5) is 16.8. The van der Waals surface area contributed by atoms with Crippen LogP contribution >= 0.6 is 0 Å². The molecule has 1 fully saturated rings. The Balaban J connectivity index is 1.75. The lowest BCUT2D eigenvalue weighted by Gasteiger charge is -2.22. The first-order valence-corrected chi connectivity index (χ1v) is 7.46. The number of aryl methyl sites for hydroxylation is 2. The van der Waals surface area contributed by atoms with E-state index < -0.39 is 0 Å². The van der Waals surface area contributed by atoms with E-state index in [0.29, 0.717) is 17.1 Å². The number of amides is 1. The van der Waals surface area contributed by atoms with Gasteiger partial charge in [0.15, 0.2) is 5.65 Å². The smallest absolute Gasteiger partial charge is 0.256 e. The molecule has 2 aromatic rings. The summed E-state index contributed by atoms with van der Waals surface area (Å²) in [6.07, 6.45) is 3.84. The molecule has 1 amide bonds. The van der Waals surface area contributed by atoms with Gasteiger partial charge in [-0.3, -0.25) is 4.79 Å². The van der Waals surface area contributed by atoms with Crippen molar-refractivity contribution in [3.8, 4) is 0 Å². The minimum absolute atomic E-state index is 0.0824. The third-order valence-corrected chi connectivity index (χ3v) is 4.03. The van der Waals surface area contributed by atoms with Crippen LogP contribution in [-0.2, 0) is 0 Å². The average molecular weight is 287 g/mol. The minimum atomic E-state index is -0.0824. The number of aromatic nitrogens is 3. The van der Waals surface area contributed by atoms with Crippen molar-refractivity contribution in [2.24, 2.45) is 5.92 Å². The molecule has 0 aliphatic carbocycles. The number of nitrogens with zero attached hydrogens (tertiary/aromatic N) is 3. The second-order valence-electron chi connectivity index (χ2n) is 5.74. The summed E-state index contributed by atoms with van der Waals surface area (Å²) in [6.45, 7) is 6.69. The van der Waals surface area contributed by atoms with Crippen LogP contribution in [0.2, 0.25) is 0 Å². The Bertz CT molecular complexity index is 657. The van der Waals surface area contributed by atoms with E-state index in [1.807, 2.05) is 19.9 Å². The van der Waals surface area contributed by atoms with E-state index in [-0.39, 0.29) is 5.91 Å². The molecule has 0 saturated carbocycles. The second-order valence-corrected chi connectivity index (χ2v) is 5.74. The molecule has 0 aromatic carbocycles. The molecule has 2 N–H and O–H groups in total. The van der Waals surface area contributed by atoms with Crippen LogP contribution in [0.5, 0.6) is 0 Å². The second kappa shape index (κ2) is 5.81. The Hall–Kier alpha value is -1.95. The Morgan fingerprint density at radius 2 is 2.19 bits per heavy atom. The van der Waals surface area contributed by atoms with E-state index in [1.165, 1.54) is 0 Å². The lowest BCUT2D eigenvalue weighted by Crippen LogP contribution is -2.36. The highest BCUT2D eigenvalue weighted by atomic mass is 16.1. The fourth-order valence-electron chi connectivity index (χ4n) is 2.85. The number of piperidine rings is 1. The minimum Gasteiger partial charge on any atom is -0.352 e. The van der Waals surface area contributed by atoms with Crippen molar-refractivity contribution in [1.82, 2.24) is 25.2 Å². The quantitative estimate of drug-likeness (QED) is 0.886. The zero-order chi connectivity index (χ0) is 14.8. The summed E-state index contributed by atoms with van der Waals surface area (Å²) in [5.41, 5.74) is 3.06. The summed E-state index contributed by atoms with van der Waals surface area (Å²) < 4.78 is 1.71. The van der Waals surface area contributed by atoms with Gasteiger partial charge >= 0.3 is 0 Å². The van der Waals surface area contributed by atoms with Gasteiger partial charge in [-0.2, -0.15) is 5.10 Å². The molecule has 2 aromatic heterocycles. The predicted octanol–water partition coefficient (Wildman–Crippen LogP) is 1.08. The summed E-state index contributed by atoms with van der Waals surface area (Å²) >= 11 is 0. The Labute approximate surface area is 123 Å². The molecular weight excluding hydrogens is 266 g/mol.